The normalized spacial score (nSPS) is 14.0. The minimum absolute atomic E-state index is 0.509. The lowest BCUT2D eigenvalue weighted by molar-refractivity contribution is 0.615. The highest BCUT2D eigenvalue weighted by molar-refractivity contribution is 7.84. The molecular weight excluding hydrogens is 230 g/mol. The van der Waals surface area contributed by atoms with Gasteiger partial charge in [0, 0.05) is 22.3 Å². The van der Waals surface area contributed by atoms with Crippen LogP contribution in [0.4, 0.5) is 0 Å². The number of hydrogen-bond donors (Lipinski definition) is 0. The van der Waals surface area contributed by atoms with E-state index in [0.29, 0.717) is 17.2 Å². The molecule has 0 spiro atoms. The zero-order valence-electron chi connectivity index (χ0n) is 10.7. The molecule has 17 heavy (non-hydrogen) atoms. The fourth-order valence-corrected chi connectivity index (χ4v) is 3.25. The zero-order chi connectivity index (χ0) is 12.8. The minimum Gasteiger partial charge on any atom is -0.259 e. The predicted molar refractivity (Wildman–Crippen MR) is 72.1 cm³/mol. The van der Waals surface area contributed by atoms with Gasteiger partial charge in [-0.2, -0.15) is 5.26 Å². The molecule has 0 aliphatic carbocycles. The molecule has 0 saturated carbocycles. The van der Waals surface area contributed by atoms with Crippen molar-refractivity contribution in [2.24, 2.45) is 5.92 Å². The van der Waals surface area contributed by atoms with Crippen molar-refractivity contribution in [2.75, 3.05) is 5.75 Å². The molecule has 0 N–H and O–H groups in total. The van der Waals surface area contributed by atoms with Crippen LogP contribution in [0.1, 0.15) is 37.0 Å². The first kappa shape index (κ1) is 13.9. The van der Waals surface area contributed by atoms with E-state index in [9.17, 15) is 4.21 Å². The Labute approximate surface area is 106 Å². The average Bonchev–Trinajstić information content (AvgIpc) is 2.31. The van der Waals surface area contributed by atoms with E-state index < -0.39 is 10.8 Å². The van der Waals surface area contributed by atoms with Gasteiger partial charge in [0.25, 0.3) is 0 Å². The molecule has 3 heteroatoms. The maximum absolute atomic E-state index is 11.9. The van der Waals surface area contributed by atoms with Crippen LogP contribution in [0, 0.1) is 24.2 Å². The third-order valence-electron chi connectivity index (χ3n) is 2.96. The van der Waals surface area contributed by atoms with Gasteiger partial charge in [-0.1, -0.05) is 26.3 Å². The molecule has 1 rings (SSSR count). The zero-order valence-corrected chi connectivity index (χ0v) is 11.5. The minimum atomic E-state index is -0.803. The second-order valence-electron chi connectivity index (χ2n) is 4.52. The molecule has 1 aromatic carbocycles. The summed E-state index contributed by atoms with van der Waals surface area (Å²) in [5.74, 6) is 1.87. The van der Waals surface area contributed by atoms with E-state index in [1.165, 1.54) is 0 Å². The van der Waals surface area contributed by atoms with E-state index in [1.807, 2.05) is 19.1 Å². The van der Waals surface area contributed by atoms with Crippen molar-refractivity contribution in [1.29, 1.82) is 5.26 Å². The Morgan fingerprint density at radius 3 is 2.71 bits per heavy atom. The molecule has 0 radical (unpaired) electrons. The van der Waals surface area contributed by atoms with E-state index in [-0.39, 0.29) is 0 Å². The molecule has 2 nitrogen and oxygen atoms in total. The van der Waals surface area contributed by atoms with Crippen LogP contribution in [0.15, 0.2) is 18.2 Å². The second kappa shape index (κ2) is 6.56. The lowest BCUT2D eigenvalue weighted by atomic mass is 10.1. The highest BCUT2D eigenvalue weighted by Gasteiger charge is 2.08. The second-order valence-corrected chi connectivity index (χ2v) is 6.02. The quantitative estimate of drug-likeness (QED) is 0.804. The summed E-state index contributed by atoms with van der Waals surface area (Å²) in [5.41, 5.74) is 2.81. The number of rotatable bonds is 5. The molecule has 0 aliphatic rings. The lowest BCUT2D eigenvalue weighted by Gasteiger charge is -2.09. The fraction of sp³-hybridized carbons (Fsp3) is 0.500. The Morgan fingerprint density at radius 2 is 2.18 bits per heavy atom. The van der Waals surface area contributed by atoms with Crippen molar-refractivity contribution in [2.45, 2.75) is 32.9 Å². The predicted octanol–water partition coefficient (Wildman–Crippen LogP) is 3.16. The van der Waals surface area contributed by atoms with Gasteiger partial charge >= 0.3 is 0 Å². The van der Waals surface area contributed by atoms with Crippen LogP contribution in [0.2, 0.25) is 0 Å². The van der Waals surface area contributed by atoms with Crippen LogP contribution < -0.4 is 0 Å². The Bertz CT molecular complexity index is 448. The molecule has 0 saturated heterocycles. The summed E-state index contributed by atoms with van der Waals surface area (Å²) in [7, 11) is -0.803. The van der Waals surface area contributed by atoms with Gasteiger partial charge in [-0.05, 0) is 36.1 Å². The van der Waals surface area contributed by atoms with E-state index >= 15 is 0 Å². The van der Waals surface area contributed by atoms with Crippen molar-refractivity contribution in [3.8, 4) is 6.07 Å². The van der Waals surface area contributed by atoms with Crippen LogP contribution in [0.3, 0.4) is 0 Å². The van der Waals surface area contributed by atoms with Gasteiger partial charge in [-0.25, -0.2) is 0 Å². The standard InChI is InChI=1S/C14H19NOS/c1-4-11(2)9-17(16)10-14-6-5-13(8-15)7-12(14)3/h5-7,11H,4,9-10H2,1-3H3. The molecule has 0 amide bonds. The summed E-state index contributed by atoms with van der Waals surface area (Å²) in [6.07, 6.45) is 1.07. The van der Waals surface area contributed by atoms with E-state index in [2.05, 4.69) is 19.9 Å². The number of nitriles is 1. The van der Waals surface area contributed by atoms with Crippen molar-refractivity contribution in [1.82, 2.24) is 0 Å². The Morgan fingerprint density at radius 1 is 1.47 bits per heavy atom. The van der Waals surface area contributed by atoms with Gasteiger partial charge in [0.1, 0.15) is 0 Å². The van der Waals surface area contributed by atoms with Gasteiger partial charge in [0.2, 0.25) is 0 Å². The Balaban J connectivity index is 2.69. The fourth-order valence-electron chi connectivity index (χ4n) is 1.59. The van der Waals surface area contributed by atoms with Crippen LogP contribution >= 0.6 is 0 Å². The highest BCUT2D eigenvalue weighted by Crippen LogP contribution is 2.14. The highest BCUT2D eigenvalue weighted by atomic mass is 32.2. The summed E-state index contributed by atoms with van der Waals surface area (Å²) in [4.78, 5) is 0. The van der Waals surface area contributed by atoms with E-state index in [1.54, 1.807) is 6.07 Å². The summed E-state index contributed by atoms with van der Waals surface area (Å²) >= 11 is 0. The molecule has 2 unspecified atom stereocenters. The largest absolute Gasteiger partial charge is 0.259 e. The van der Waals surface area contributed by atoms with Gasteiger partial charge in [0.15, 0.2) is 0 Å². The third-order valence-corrected chi connectivity index (χ3v) is 4.53. The van der Waals surface area contributed by atoms with E-state index in [4.69, 9.17) is 5.26 Å². The Hall–Kier alpha value is -1.14. The number of nitrogens with zero attached hydrogens (tertiary/aromatic N) is 1. The first-order chi connectivity index (χ1) is 8.06. The number of benzene rings is 1. The first-order valence-electron chi connectivity index (χ1n) is 5.91. The maximum atomic E-state index is 11.9. The van der Waals surface area contributed by atoms with Gasteiger partial charge < -0.3 is 0 Å². The van der Waals surface area contributed by atoms with Crippen molar-refractivity contribution in [3.05, 3.63) is 34.9 Å². The topological polar surface area (TPSA) is 40.9 Å². The van der Waals surface area contributed by atoms with Crippen LogP contribution in [0.5, 0.6) is 0 Å². The van der Waals surface area contributed by atoms with Crippen molar-refractivity contribution in [3.63, 3.8) is 0 Å². The molecule has 2 atom stereocenters. The molecule has 1 aromatic rings. The van der Waals surface area contributed by atoms with Crippen LogP contribution in [-0.2, 0) is 16.6 Å². The van der Waals surface area contributed by atoms with Crippen LogP contribution in [0.25, 0.3) is 0 Å². The van der Waals surface area contributed by atoms with Crippen molar-refractivity contribution >= 4 is 10.8 Å². The summed E-state index contributed by atoms with van der Waals surface area (Å²) in [5, 5.41) is 8.78. The summed E-state index contributed by atoms with van der Waals surface area (Å²) < 4.78 is 11.9. The van der Waals surface area contributed by atoms with Gasteiger partial charge in [-0.15, -0.1) is 0 Å². The van der Waals surface area contributed by atoms with Gasteiger partial charge in [-0.3, -0.25) is 4.21 Å². The van der Waals surface area contributed by atoms with E-state index in [0.717, 1.165) is 23.3 Å². The molecule has 92 valence electrons. The summed E-state index contributed by atoms with van der Waals surface area (Å²) in [6, 6.07) is 7.68. The average molecular weight is 249 g/mol. The monoisotopic (exact) mass is 249 g/mol. The molecular formula is C14H19NOS. The lowest BCUT2D eigenvalue weighted by Crippen LogP contribution is -2.09. The molecule has 0 heterocycles. The summed E-state index contributed by atoms with van der Waals surface area (Å²) in [6.45, 7) is 6.22. The molecule has 0 aliphatic heterocycles. The first-order valence-corrected chi connectivity index (χ1v) is 7.40. The molecule has 0 fully saturated rings. The SMILES string of the molecule is CCC(C)CS(=O)Cc1ccc(C#N)cc1C. The van der Waals surface area contributed by atoms with Gasteiger partial charge in [0.05, 0.1) is 11.6 Å². The Kier molecular flexibility index (Phi) is 5.37. The van der Waals surface area contributed by atoms with Crippen molar-refractivity contribution < 1.29 is 4.21 Å². The molecule has 0 aromatic heterocycles. The molecule has 0 bridgehead atoms. The van der Waals surface area contributed by atoms with Crippen LogP contribution in [-0.4, -0.2) is 9.96 Å². The third kappa shape index (κ3) is 4.32. The number of aryl methyl sites for hydroxylation is 1. The maximum Gasteiger partial charge on any atom is 0.0991 e. The smallest absolute Gasteiger partial charge is 0.0991 e. The number of hydrogen-bond acceptors (Lipinski definition) is 2.